The van der Waals surface area contributed by atoms with Gasteiger partial charge in [0, 0.05) is 24.3 Å². The average molecular weight is 242 g/mol. The van der Waals surface area contributed by atoms with E-state index in [-0.39, 0.29) is 6.67 Å². The highest BCUT2D eigenvalue weighted by Gasteiger charge is 1.98. The van der Waals surface area contributed by atoms with Gasteiger partial charge in [0.2, 0.25) is 11.8 Å². The lowest BCUT2D eigenvalue weighted by Crippen LogP contribution is -2.35. The van der Waals surface area contributed by atoms with E-state index in [0.29, 0.717) is 12.2 Å². The van der Waals surface area contributed by atoms with Crippen LogP contribution in [-0.2, 0) is 19.2 Å². The molecular weight excluding hydrogens is 232 g/mol. The zero-order valence-electron chi connectivity index (χ0n) is 8.54. The minimum atomic E-state index is -1.27. The molecule has 0 unspecified atom stereocenters. The Morgan fingerprint density at radius 3 is 1.41 bits per heavy atom. The predicted molar refractivity (Wildman–Crippen MR) is 54.7 cm³/mol. The maximum Gasteiger partial charge on any atom is 0.328 e. The van der Waals surface area contributed by atoms with Crippen LogP contribution in [-0.4, -0.2) is 40.6 Å². The first-order valence-electron chi connectivity index (χ1n) is 4.29. The monoisotopic (exact) mass is 242 g/mol. The lowest BCUT2D eigenvalue weighted by Gasteiger charge is -2.01. The van der Waals surface area contributed by atoms with Crippen molar-refractivity contribution < 1.29 is 29.4 Å². The quantitative estimate of drug-likeness (QED) is 0.329. The molecule has 0 aromatic rings. The number of nitrogens with one attached hydrogen (secondary N) is 2. The summed E-state index contributed by atoms with van der Waals surface area (Å²) in [7, 11) is 0. The Morgan fingerprint density at radius 1 is 0.765 bits per heavy atom. The molecule has 0 spiro atoms. The Hall–Kier alpha value is -2.64. The van der Waals surface area contributed by atoms with E-state index in [0.717, 1.165) is 12.2 Å². The summed E-state index contributed by atoms with van der Waals surface area (Å²) in [5, 5.41) is 20.7. The van der Waals surface area contributed by atoms with Crippen LogP contribution in [0.15, 0.2) is 24.3 Å². The Balaban J connectivity index is 3.84. The largest absolute Gasteiger partial charge is 0.478 e. The first-order valence-corrected chi connectivity index (χ1v) is 4.29. The topological polar surface area (TPSA) is 133 Å². The molecule has 0 aliphatic heterocycles. The molecule has 92 valence electrons. The molecule has 0 aromatic heterocycles. The van der Waals surface area contributed by atoms with E-state index in [1.54, 1.807) is 0 Å². The van der Waals surface area contributed by atoms with E-state index in [1.165, 1.54) is 0 Å². The molecule has 8 heteroatoms. The highest BCUT2D eigenvalue weighted by atomic mass is 16.4. The molecule has 0 radical (unpaired) electrons. The maximum atomic E-state index is 10.9. The molecule has 0 aliphatic carbocycles. The lowest BCUT2D eigenvalue weighted by atomic mass is 10.4. The Morgan fingerprint density at radius 2 is 1.12 bits per heavy atom. The van der Waals surface area contributed by atoms with Crippen molar-refractivity contribution >= 4 is 23.8 Å². The number of amides is 2. The number of carbonyl (C=O) groups excluding carboxylic acids is 2. The number of aliphatic carboxylic acids is 2. The van der Waals surface area contributed by atoms with Crippen LogP contribution in [0.2, 0.25) is 0 Å². The highest BCUT2D eigenvalue weighted by molar-refractivity contribution is 5.95. The standard InChI is InChI=1S/C9H10N2O6/c12-6(1-3-8(14)15)10-5-11-7(13)2-4-9(16)17/h1-4H,5H2,(H,10,12)(H,11,13)(H,14,15)(H,16,17)/b3-1-,4-2-. The molecule has 0 aliphatic rings. The van der Waals surface area contributed by atoms with Crippen LogP contribution in [0.1, 0.15) is 0 Å². The predicted octanol–water partition coefficient (Wildman–Crippen LogP) is -1.54. The third kappa shape index (κ3) is 9.66. The fourth-order valence-electron chi connectivity index (χ4n) is 0.630. The molecule has 0 saturated carbocycles. The third-order valence-electron chi connectivity index (χ3n) is 1.28. The van der Waals surface area contributed by atoms with E-state index in [9.17, 15) is 19.2 Å². The second kappa shape index (κ2) is 7.63. The summed E-state index contributed by atoms with van der Waals surface area (Å²) in [5.41, 5.74) is 0. The Bertz CT molecular complexity index is 349. The fourth-order valence-corrected chi connectivity index (χ4v) is 0.630. The van der Waals surface area contributed by atoms with Gasteiger partial charge in [-0.15, -0.1) is 0 Å². The van der Waals surface area contributed by atoms with Gasteiger partial charge in [0.25, 0.3) is 0 Å². The molecule has 4 N–H and O–H groups in total. The summed E-state index contributed by atoms with van der Waals surface area (Å²) in [4.78, 5) is 41.8. The Kier molecular flexibility index (Phi) is 6.44. The highest BCUT2D eigenvalue weighted by Crippen LogP contribution is 1.75. The summed E-state index contributed by atoms with van der Waals surface area (Å²) < 4.78 is 0. The second-order valence-corrected chi connectivity index (χ2v) is 2.60. The molecule has 0 bridgehead atoms. The van der Waals surface area contributed by atoms with Gasteiger partial charge in [-0.3, -0.25) is 9.59 Å². The van der Waals surface area contributed by atoms with Crippen molar-refractivity contribution in [2.24, 2.45) is 0 Å². The van der Waals surface area contributed by atoms with Crippen molar-refractivity contribution in [2.75, 3.05) is 6.67 Å². The van der Waals surface area contributed by atoms with Crippen LogP contribution in [0.4, 0.5) is 0 Å². The summed E-state index contributed by atoms with van der Waals surface area (Å²) >= 11 is 0. The van der Waals surface area contributed by atoms with Crippen molar-refractivity contribution in [1.29, 1.82) is 0 Å². The average Bonchev–Trinajstić information content (AvgIpc) is 2.23. The minimum absolute atomic E-state index is 0.244. The van der Waals surface area contributed by atoms with Crippen molar-refractivity contribution in [1.82, 2.24) is 10.6 Å². The van der Waals surface area contributed by atoms with Crippen LogP contribution < -0.4 is 10.6 Å². The molecule has 0 rings (SSSR count). The minimum Gasteiger partial charge on any atom is -0.478 e. The van der Waals surface area contributed by atoms with Gasteiger partial charge in [-0.1, -0.05) is 0 Å². The zero-order valence-corrected chi connectivity index (χ0v) is 8.54. The fraction of sp³-hybridized carbons (Fsp3) is 0.111. The van der Waals surface area contributed by atoms with Crippen LogP contribution in [0.25, 0.3) is 0 Å². The van der Waals surface area contributed by atoms with Crippen molar-refractivity contribution in [3.8, 4) is 0 Å². The maximum absolute atomic E-state index is 10.9. The normalized spacial score (nSPS) is 10.4. The molecule has 0 aromatic carbocycles. The van der Waals surface area contributed by atoms with E-state index in [1.807, 2.05) is 0 Å². The molecule has 0 atom stereocenters. The molecule has 2 amide bonds. The van der Waals surface area contributed by atoms with Gasteiger partial charge in [-0.2, -0.15) is 0 Å². The van der Waals surface area contributed by atoms with Crippen molar-refractivity contribution in [2.45, 2.75) is 0 Å². The number of carbonyl (C=O) groups is 4. The smallest absolute Gasteiger partial charge is 0.328 e. The second-order valence-electron chi connectivity index (χ2n) is 2.60. The van der Waals surface area contributed by atoms with Crippen LogP contribution in [0.5, 0.6) is 0 Å². The molecule has 0 heterocycles. The number of hydrogen-bond donors (Lipinski definition) is 4. The first-order chi connectivity index (χ1) is 7.91. The Labute approximate surface area is 95.6 Å². The van der Waals surface area contributed by atoms with Gasteiger partial charge in [-0.25, -0.2) is 9.59 Å². The van der Waals surface area contributed by atoms with Crippen molar-refractivity contribution in [3.05, 3.63) is 24.3 Å². The van der Waals surface area contributed by atoms with Crippen LogP contribution >= 0.6 is 0 Å². The molecular formula is C9H10N2O6. The van der Waals surface area contributed by atoms with Crippen LogP contribution in [0.3, 0.4) is 0 Å². The van der Waals surface area contributed by atoms with E-state index < -0.39 is 23.8 Å². The summed E-state index contributed by atoms with van der Waals surface area (Å²) in [6.07, 6.45) is 2.84. The molecule has 0 fully saturated rings. The van der Waals surface area contributed by atoms with Gasteiger partial charge >= 0.3 is 11.9 Å². The zero-order chi connectivity index (χ0) is 13.3. The number of hydrogen-bond acceptors (Lipinski definition) is 4. The van der Waals surface area contributed by atoms with E-state index in [4.69, 9.17) is 10.2 Å². The molecule has 0 saturated heterocycles. The van der Waals surface area contributed by atoms with E-state index in [2.05, 4.69) is 10.6 Å². The van der Waals surface area contributed by atoms with E-state index >= 15 is 0 Å². The molecule has 8 nitrogen and oxygen atoms in total. The van der Waals surface area contributed by atoms with Gasteiger partial charge in [0.15, 0.2) is 0 Å². The summed E-state index contributed by atoms with van der Waals surface area (Å²) in [5.74, 6) is -3.94. The van der Waals surface area contributed by atoms with Gasteiger partial charge in [0.05, 0.1) is 6.67 Å². The SMILES string of the molecule is O=C(O)/C=C\C(=O)NCNC(=O)/C=C\C(=O)O. The third-order valence-corrected chi connectivity index (χ3v) is 1.28. The van der Waals surface area contributed by atoms with Gasteiger partial charge in [0.1, 0.15) is 0 Å². The van der Waals surface area contributed by atoms with Crippen LogP contribution in [0, 0.1) is 0 Å². The number of rotatable bonds is 6. The number of carboxylic acid groups (broad SMARTS) is 2. The summed E-state index contributed by atoms with van der Waals surface area (Å²) in [6.45, 7) is -0.244. The van der Waals surface area contributed by atoms with Gasteiger partial charge in [-0.05, 0) is 0 Å². The number of carboxylic acids is 2. The lowest BCUT2D eigenvalue weighted by molar-refractivity contribution is -0.132. The first kappa shape index (κ1) is 14.4. The van der Waals surface area contributed by atoms with Crippen molar-refractivity contribution in [3.63, 3.8) is 0 Å². The van der Waals surface area contributed by atoms with Gasteiger partial charge < -0.3 is 20.8 Å². The summed E-state index contributed by atoms with van der Waals surface area (Å²) in [6, 6.07) is 0. The molecule has 17 heavy (non-hydrogen) atoms.